The Balaban J connectivity index is 4.29. The quantitative estimate of drug-likeness (QED) is 0.0261. The fourth-order valence-electron chi connectivity index (χ4n) is 9.61. The predicted molar refractivity (Wildman–Crippen MR) is 307 cm³/mol. The zero-order chi connectivity index (χ0) is 51.4. The van der Waals surface area contributed by atoms with E-state index < -0.39 is 6.10 Å². The first-order valence-corrected chi connectivity index (χ1v) is 31.8. The van der Waals surface area contributed by atoms with Crippen molar-refractivity contribution in [2.45, 2.75) is 361 Å². The zero-order valence-electron chi connectivity index (χ0n) is 48.0. The van der Waals surface area contributed by atoms with Gasteiger partial charge >= 0.3 is 17.9 Å². The van der Waals surface area contributed by atoms with Crippen LogP contribution in [0.1, 0.15) is 355 Å². The summed E-state index contributed by atoms with van der Waals surface area (Å²) in [6.07, 6.45) is 71.8. The number of hydrogen-bond acceptors (Lipinski definition) is 6. The second kappa shape index (κ2) is 60.4. The second-order valence-corrected chi connectivity index (χ2v) is 21.7. The van der Waals surface area contributed by atoms with Crippen molar-refractivity contribution in [1.82, 2.24) is 0 Å². The van der Waals surface area contributed by atoms with Gasteiger partial charge in [-0.15, -0.1) is 0 Å². The van der Waals surface area contributed by atoms with Crippen LogP contribution in [0, 0.1) is 0 Å². The Kier molecular flexibility index (Phi) is 58.6. The number of ether oxygens (including phenoxy) is 3. The number of unbranched alkanes of at least 4 members (excludes halogenated alkanes) is 44. The highest BCUT2D eigenvalue weighted by Gasteiger charge is 2.19. The summed E-state index contributed by atoms with van der Waals surface area (Å²) < 4.78 is 16.9. The maximum Gasteiger partial charge on any atom is 0.306 e. The Bertz CT molecular complexity index is 1150. The van der Waals surface area contributed by atoms with Crippen LogP contribution < -0.4 is 0 Å². The average molecular weight is 1000 g/mol. The van der Waals surface area contributed by atoms with Gasteiger partial charge < -0.3 is 14.2 Å². The third-order valence-electron chi connectivity index (χ3n) is 14.4. The summed E-state index contributed by atoms with van der Waals surface area (Å²) in [5.74, 6) is -0.865. The molecule has 6 nitrogen and oxygen atoms in total. The number of allylic oxidation sites excluding steroid dienone is 4. The highest BCUT2D eigenvalue weighted by Crippen LogP contribution is 2.17. The first-order valence-electron chi connectivity index (χ1n) is 31.8. The molecule has 0 spiro atoms. The summed E-state index contributed by atoms with van der Waals surface area (Å²) >= 11 is 0. The summed E-state index contributed by atoms with van der Waals surface area (Å²) in [4.78, 5) is 38.3. The third-order valence-corrected chi connectivity index (χ3v) is 14.4. The predicted octanol–water partition coefficient (Wildman–Crippen LogP) is 21.4. The molecule has 0 aliphatic rings. The summed E-state index contributed by atoms with van der Waals surface area (Å²) in [5, 5.41) is 0. The number of hydrogen-bond donors (Lipinski definition) is 0. The summed E-state index contributed by atoms with van der Waals surface area (Å²) in [7, 11) is 0. The fraction of sp³-hybridized carbons (Fsp3) is 0.892. The molecule has 71 heavy (non-hydrogen) atoms. The van der Waals surface area contributed by atoms with Crippen molar-refractivity contribution >= 4 is 17.9 Å². The lowest BCUT2D eigenvalue weighted by Crippen LogP contribution is -2.30. The molecule has 0 saturated heterocycles. The van der Waals surface area contributed by atoms with Crippen molar-refractivity contribution in [1.29, 1.82) is 0 Å². The molecule has 1 unspecified atom stereocenters. The highest BCUT2D eigenvalue weighted by atomic mass is 16.6. The number of esters is 3. The molecule has 0 fully saturated rings. The van der Waals surface area contributed by atoms with Gasteiger partial charge in [-0.3, -0.25) is 14.4 Å². The molecule has 0 aromatic heterocycles. The Labute approximate surface area is 443 Å². The van der Waals surface area contributed by atoms with Gasteiger partial charge in [0.25, 0.3) is 0 Å². The summed E-state index contributed by atoms with van der Waals surface area (Å²) in [6.45, 7) is 6.68. The van der Waals surface area contributed by atoms with Gasteiger partial charge in [0.05, 0.1) is 0 Å². The summed E-state index contributed by atoms with van der Waals surface area (Å²) in [6, 6.07) is 0. The van der Waals surface area contributed by atoms with Gasteiger partial charge in [0.2, 0.25) is 0 Å². The molecule has 0 amide bonds. The minimum Gasteiger partial charge on any atom is -0.462 e. The monoisotopic (exact) mass is 999 g/mol. The Morgan fingerprint density at radius 3 is 0.704 bits per heavy atom. The largest absolute Gasteiger partial charge is 0.462 e. The summed E-state index contributed by atoms with van der Waals surface area (Å²) in [5.41, 5.74) is 0. The normalized spacial score (nSPS) is 12.1. The highest BCUT2D eigenvalue weighted by molar-refractivity contribution is 5.71. The molecule has 0 aromatic carbocycles. The first-order chi connectivity index (χ1) is 35.0. The maximum absolute atomic E-state index is 12.9. The van der Waals surface area contributed by atoms with E-state index in [0.717, 1.165) is 70.6 Å². The molecular formula is C65H122O6. The van der Waals surface area contributed by atoms with Crippen LogP contribution in [0.15, 0.2) is 24.3 Å². The molecule has 0 aromatic rings. The van der Waals surface area contributed by atoms with Gasteiger partial charge in [0, 0.05) is 19.3 Å². The standard InChI is InChI=1S/C65H122O6/c1-4-7-10-13-16-19-22-25-28-30-31-32-33-34-35-38-40-43-46-49-52-55-58-64(67)70-61-62(60-69-63(66)57-54-51-48-45-42-39-36-27-24-21-18-15-12-9-6-3)71-65(68)59-56-53-50-47-44-41-37-29-26-23-20-17-14-11-8-5-2/h27,29,36-37,62H,4-26,28,30-35,38-61H2,1-3H3/b36-27-,37-29-. The van der Waals surface area contributed by atoms with Crippen molar-refractivity contribution in [2.24, 2.45) is 0 Å². The topological polar surface area (TPSA) is 78.9 Å². The van der Waals surface area contributed by atoms with Gasteiger partial charge in [0.15, 0.2) is 6.10 Å². The van der Waals surface area contributed by atoms with E-state index in [1.807, 2.05) is 0 Å². The fourth-order valence-corrected chi connectivity index (χ4v) is 9.61. The molecule has 6 heteroatoms. The Morgan fingerprint density at radius 1 is 0.268 bits per heavy atom. The van der Waals surface area contributed by atoms with Crippen LogP contribution in [0.4, 0.5) is 0 Å². The van der Waals surface area contributed by atoms with E-state index in [9.17, 15) is 14.4 Å². The van der Waals surface area contributed by atoms with Crippen molar-refractivity contribution in [3.8, 4) is 0 Å². The Hall–Kier alpha value is -2.11. The molecule has 0 N–H and O–H groups in total. The Morgan fingerprint density at radius 2 is 0.465 bits per heavy atom. The van der Waals surface area contributed by atoms with Crippen molar-refractivity contribution in [3.05, 3.63) is 24.3 Å². The van der Waals surface area contributed by atoms with Crippen LogP contribution >= 0.6 is 0 Å². The average Bonchev–Trinajstić information content (AvgIpc) is 3.37. The van der Waals surface area contributed by atoms with Crippen LogP contribution in [0.5, 0.6) is 0 Å². The molecule has 0 heterocycles. The maximum atomic E-state index is 12.9. The van der Waals surface area contributed by atoms with Crippen molar-refractivity contribution in [3.63, 3.8) is 0 Å². The number of carbonyl (C=O) groups excluding carboxylic acids is 3. The third kappa shape index (κ3) is 58.7. The smallest absolute Gasteiger partial charge is 0.306 e. The van der Waals surface area contributed by atoms with Gasteiger partial charge in [-0.2, -0.15) is 0 Å². The molecule has 418 valence electrons. The van der Waals surface area contributed by atoms with E-state index in [-0.39, 0.29) is 31.1 Å². The van der Waals surface area contributed by atoms with Gasteiger partial charge in [-0.1, -0.05) is 289 Å². The van der Waals surface area contributed by atoms with Gasteiger partial charge in [-0.25, -0.2) is 0 Å². The molecule has 1 atom stereocenters. The van der Waals surface area contributed by atoms with Crippen LogP contribution in [-0.4, -0.2) is 37.2 Å². The van der Waals surface area contributed by atoms with Crippen LogP contribution in [0.3, 0.4) is 0 Å². The molecule has 0 radical (unpaired) electrons. The lowest BCUT2D eigenvalue weighted by atomic mass is 10.0. The van der Waals surface area contributed by atoms with Crippen LogP contribution in [0.2, 0.25) is 0 Å². The minimum atomic E-state index is -0.776. The van der Waals surface area contributed by atoms with E-state index in [1.54, 1.807) is 0 Å². The van der Waals surface area contributed by atoms with E-state index in [0.29, 0.717) is 19.3 Å². The number of rotatable bonds is 59. The first kappa shape index (κ1) is 68.9. The molecule has 0 rings (SSSR count). The van der Waals surface area contributed by atoms with Crippen LogP contribution in [0.25, 0.3) is 0 Å². The van der Waals surface area contributed by atoms with Crippen molar-refractivity contribution < 1.29 is 28.6 Å². The van der Waals surface area contributed by atoms with Crippen molar-refractivity contribution in [2.75, 3.05) is 13.2 Å². The lowest BCUT2D eigenvalue weighted by Gasteiger charge is -2.18. The second-order valence-electron chi connectivity index (χ2n) is 21.7. The minimum absolute atomic E-state index is 0.0724. The van der Waals surface area contributed by atoms with Crippen LogP contribution in [-0.2, 0) is 28.6 Å². The lowest BCUT2D eigenvalue weighted by molar-refractivity contribution is -0.167. The SMILES string of the molecule is CCCCCCCC/C=C\CCCCCCCC(=O)OCC(COC(=O)CCCCCCCCCCCCCCCCCCCCCCCC)OC(=O)CCCCCCC/C=C\CCCCCCCCC. The van der Waals surface area contributed by atoms with Gasteiger partial charge in [-0.05, 0) is 70.6 Å². The van der Waals surface area contributed by atoms with E-state index in [1.165, 1.54) is 244 Å². The number of carbonyl (C=O) groups is 3. The van der Waals surface area contributed by atoms with E-state index in [2.05, 4.69) is 45.1 Å². The molecule has 0 aliphatic heterocycles. The molecule has 0 bridgehead atoms. The van der Waals surface area contributed by atoms with E-state index >= 15 is 0 Å². The molecular weight excluding hydrogens is 877 g/mol. The molecule has 0 aliphatic carbocycles. The molecule has 0 saturated carbocycles. The van der Waals surface area contributed by atoms with E-state index in [4.69, 9.17) is 14.2 Å². The van der Waals surface area contributed by atoms with Gasteiger partial charge in [0.1, 0.15) is 13.2 Å². The zero-order valence-corrected chi connectivity index (χ0v) is 48.0.